The molecule has 16 heavy (non-hydrogen) atoms. The van der Waals surface area contributed by atoms with Crippen molar-refractivity contribution < 1.29 is 0 Å². The number of rotatable bonds is 4. The molecule has 1 N–H and O–H groups in total. The Balaban J connectivity index is 2.33. The lowest BCUT2D eigenvalue weighted by Crippen LogP contribution is -2.10. The molecule has 86 valence electrons. The van der Waals surface area contributed by atoms with Crippen LogP contribution in [0.5, 0.6) is 0 Å². The van der Waals surface area contributed by atoms with E-state index in [9.17, 15) is 0 Å². The summed E-state index contributed by atoms with van der Waals surface area (Å²) in [6, 6.07) is 0. The summed E-state index contributed by atoms with van der Waals surface area (Å²) in [4.78, 5) is 0. The predicted octanol–water partition coefficient (Wildman–Crippen LogP) is 1.16. The van der Waals surface area contributed by atoms with Crippen LogP contribution < -0.4 is 0 Å². The third kappa shape index (κ3) is 1.90. The van der Waals surface area contributed by atoms with Gasteiger partial charge in [-0.3, -0.25) is 9.67 Å². The normalized spacial score (nSPS) is 10.9. The Morgan fingerprint density at radius 2 is 2.19 bits per heavy atom. The number of aromatic amines is 1. The second kappa shape index (κ2) is 4.56. The van der Waals surface area contributed by atoms with E-state index in [1.807, 2.05) is 16.1 Å². The Kier molecular flexibility index (Phi) is 3.14. The molecule has 0 aromatic carbocycles. The van der Waals surface area contributed by atoms with Gasteiger partial charge in [0.15, 0.2) is 10.6 Å². The van der Waals surface area contributed by atoms with Crippen molar-refractivity contribution in [3.05, 3.63) is 22.7 Å². The van der Waals surface area contributed by atoms with Gasteiger partial charge >= 0.3 is 0 Å². The van der Waals surface area contributed by atoms with Crippen molar-refractivity contribution in [3.8, 4) is 0 Å². The van der Waals surface area contributed by atoms with Crippen LogP contribution in [0.3, 0.4) is 0 Å². The van der Waals surface area contributed by atoms with Gasteiger partial charge in [-0.25, -0.2) is 0 Å². The fraction of sp³-hybridized carbons (Fsp3) is 0.556. The number of aryl methyl sites for hydroxylation is 2. The SMILES string of the molecule is CCc1n[nH]c(=S)n1Cc1nncn1CC. The van der Waals surface area contributed by atoms with Crippen molar-refractivity contribution in [2.24, 2.45) is 0 Å². The molecule has 0 radical (unpaired) electrons. The van der Waals surface area contributed by atoms with Crippen molar-refractivity contribution >= 4 is 12.2 Å². The van der Waals surface area contributed by atoms with Crippen LogP contribution in [-0.2, 0) is 19.5 Å². The summed E-state index contributed by atoms with van der Waals surface area (Å²) in [5.41, 5.74) is 0. The molecule has 2 aromatic rings. The molecule has 7 heteroatoms. The van der Waals surface area contributed by atoms with Gasteiger partial charge in [0.1, 0.15) is 12.2 Å². The van der Waals surface area contributed by atoms with Crippen molar-refractivity contribution in [2.75, 3.05) is 0 Å². The first-order valence-corrected chi connectivity index (χ1v) is 5.67. The number of nitrogens with zero attached hydrogens (tertiary/aromatic N) is 5. The summed E-state index contributed by atoms with van der Waals surface area (Å²) in [6.07, 6.45) is 2.57. The van der Waals surface area contributed by atoms with E-state index in [-0.39, 0.29) is 0 Å². The predicted molar refractivity (Wildman–Crippen MR) is 61.6 cm³/mol. The zero-order chi connectivity index (χ0) is 11.5. The average molecular weight is 238 g/mol. The molecule has 2 rings (SSSR count). The largest absolute Gasteiger partial charge is 0.316 e. The van der Waals surface area contributed by atoms with Gasteiger partial charge in [0.2, 0.25) is 0 Å². The van der Waals surface area contributed by atoms with E-state index < -0.39 is 0 Å². The van der Waals surface area contributed by atoms with Gasteiger partial charge in [0.05, 0.1) is 6.54 Å². The van der Waals surface area contributed by atoms with E-state index >= 15 is 0 Å². The summed E-state index contributed by atoms with van der Waals surface area (Å²) in [6.45, 7) is 5.58. The fourth-order valence-corrected chi connectivity index (χ4v) is 1.81. The Hall–Kier alpha value is -1.50. The number of hydrogen-bond acceptors (Lipinski definition) is 4. The maximum atomic E-state index is 5.18. The molecule has 2 aromatic heterocycles. The van der Waals surface area contributed by atoms with E-state index in [2.05, 4.69) is 27.3 Å². The first-order valence-electron chi connectivity index (χ1n) is 5.27. The highest BCUT2D eigenvalue weighted by atomic mass is 32.1. The van der Waals surface area contributed by atoms with E-state index in [4.69, 9.17) is 12.2 Å². The van der Waals surface area contributed by atoms with Gasteiger partial charge in [-0.15, -0.1) is 10.2 Å². The highest BCUT2D eigenvalue weighted by molar-refractivity contribution is 7.71. The van der Waals surface area contributed by atoms with Gasteiger partial charge < -0.3 is 4.57 Å². The van der Waals surface area contributed by atoms with E-state index in [1.54, 1.807) is 6.33 Å². The van der Waals surface area contributed by atoms with E-state index in [0.717, 1.165) is 24.6 Å². The molecule has 0 spiro atoms. The Morgan fingerprint density at radius 1 is 1.38 bits per heavy atom. The van der Waals surface area contributed by atoms with E-state index in [1.165, 1.54) is 0 Å². The smallest absolute Gasteiger partial charge is 0.195 e. The maximum absolute atomic E-state index is 5.18. The van der Waals surface area contributed by atoms with Gasteiger partial charge in [0.25, 0.3) is 0 Å². The topological polar surface area (TPSA) is 64.3 Å². The molecule has 0 amide bonds. The van der Waals surface area contributed by atoms with Gasteiger partial charge in [-0.1, -0.05) is 6.92 Å². The highest BCUT2D eigenvalue weighted by Crippen LogP contribution is 2.04. The monoisotopic (exact) mass is 238 g/mol. The van der Waals surface area contributed by atoms with Crippen molar-refractivity contribution in [2.45, 2.75) is 33.4 Å². The van der Waals surface area contributed by atoms with Gasteiger partial charge in [-0.2, -0.15) is 5.10 Å². The Morgan fingerprint density at radius 3 is 2.88 bits per heavy atom. The minimum absolute atomic E-state index is 0.617. The fourth-order valence-electron chi connectivity index (χ4n) is 1.59. The van der Waals surface area contributed by atoms with Crippen LogP contribution >= 0.6 is 12.2 Å². The molecule has 0 aliphatic carbocycles. The lowest BCUT2D eigenvalue weighted by atomic mass is 10.4. The molecule has 0 unspecified atom stereocenters. The summed E-state index contributed by atoms with van der Waals surface area (Å²) < 4.78 is 4.57. The molecule has 0 saturated carbocycles. The minimum atomic E-state index is 0.617. The molecule has 2 heterocycles. The second-order valence-electron chi connectivity index (χ2n) is 3.42. The van der Waals surface area contributed by atoms with Crippen LogP contribution in [0.4, 0.5) is 0 Å². The van der Waals surface area contributed by atoms with Crippen LogP contribution in [-0.4, -0.2) is 29.5 Å². The lowest BCUT2D eigenvalue weighted by Gasteiger charge is -2.05. The third-order valence-corrected chi connectivity index (χ3v) is 2.80. The van der Waals surface area contributed by atoms with Crippen LogP contribution in [0.2, 0.25) is 0 Å². The summed E-state index contributed by atoms with van der Waals surface area (Å²) >= 11 is 5.18. The molecule has 0 bridgehead atoms. The van der Waals surface area contributed by atoms with Crippen LogP contribution in [0.25, 0.3) is 0 Å². The van der Waals surface area contributed by atoms with Gasteiger partial charge in [0, 0.05) is 13.0 Å². The highest BCUT2D eigenvalue weighted by Gasteiger charge is 2.08. The van der Waals surface area contributed by atoms with Crippen LogP contribution in [0.15, 0.2) is 6.33 Å². The maximum Gasteiger partial charge on any atom is 0.195 e. The molecule has 0 aliphatic rings. The summed E-state index contributed by atoms with van der Waals surface area (Å²) in [7, 11) is 0. The van der Waals surface area contributed by atoms with Gasteiger partial charge in [-0.05, 0) is 19.1 Å². The Bertz CT molecular complexity index is 522. The molecular weight excluding hydrogens is 224 g/mol. The Labute approximate surface area is 98.3 Å². The quantitative estimate of drug-likeness (QED) is 0.812. The van der Waals surface area contributed by atoms with Crippen LogP contribution in [0.1, 0.15) is 25.5 Å². The molecule has 6 nitrogen and oxygen atoms in total. The molecule has 0 aliphatic heterocycles. The van der Waals surface area contributed by atoms with Crippen molar-refractivity contribution in [1.82, 2.24) is 29.5 Å². The number of H-pyrrole nitrogens is 1. The standard InChI is InChI=1S/C9H14N6S/c1-3-7-12-13-9(16)15(7)5-8-11-10-6-14(8)4-2/h6H,3-5H2,1-2H3,(H,13,16). The average Bonchev–Trinajstić information content (AvgIpc) is 2.87. The molecule has 0 saturated heterocycles. The lowest BCUT2D eigenvalue weighted by molar-refractivity contribution is 0.628. The van der Waals surface area contributed by atoms with Crippen LogP contribution in [0, 0.1) is 4.77 Å². The summed E-state index contributed by atoms with van der Waals surface area (Å²) in [5, 5.41) is 14.9. The third-order valence-electron chi connectivity index (χ3n) is 2.49. The number of hydrogen-bond donors (Lipinski definition) is 1. The zero-order valence-corrected chi connectivity index (χ0v) is 10.2. The molecule has 0 fully saturated rings. The first kappa shape index (κ1) is 11.0. The number of nitrogens with one attached hydrogen (secondary N) is 1. The van der Waals surface area contributed by atoms with Crippen molar-refractivity contribution in [1.29, 1.82) is 0 Å². The minimum Gasteiger partial charge on any atom is -0.316 e. The zero-order valence-electron chi connectivity index (χ0n) is 9.34. The van der Waals surface area contributed by atoms with Crippen molar-refractivity contribution in [3.63, 3.8) is 0 Å². The summed E-state index contributed by atoms with van der Waals surface area (Å²) in [5.74, 6) is 1.84. The number of aromatic nitrogens is 6. The molecular formula is C9H14N6S. The second-order valence-corrected chi connectivity index (χ2v) is 3.80. The van der Waals surface area contributed by atoms with E-state index in [0.29, 0.717) is 11.3 Å². The molecule has 0 atom stereocenters. The first-order chi connectivity index (χ1) is 7.76.